The van der Waals surface area contributed by atoms with E-state index in [1.807, 2.05) is 19.1 Å². The lowest BCUT2D eigenvalue weighted by molar-refractivity contribution is -0.121. The van der Waals surface area contributed by atoms with Crippen LogP contribution in [0, 0.1) is 0 Å². The molecule has 19 heavy (non-hydrogen) atoms. The van der Waals surface area contributed by atoms with Crippen LogP contribution in [0.3, 0.4) is 0 Å². The van der Waals surface area contributed by atoms with E-state index in [0.29, 0.717) is 6.42 Å². The molecule has 0 aliphatic carbocycles. The normalized spacial score (nSPS) is 10.4. The highest BCUT2D eigenvalue weighted by Crippen LogP contribution is 2.07. The first-order chi connectivity index (χ1) is 9.11. The lowest BCUT2D eigenvalue weighted by Crippen LogP contribution is -2.16. The van der Waals surface area contributed by atoms with Gasteiger partial charge in [0, 0.05) is 19.0 Å². The first-order valence-corrected chi connectivity index (χ1v) is 6.31. The van der Waals surface area contributed by atoms with E-state index in [-0.39, 0.29) is 11.8 Å². The smallest absolute Gasteiger partial charge is 0.240 e. The molecule has 0 aromatic heterocycles. The summed E-state index contributed by atoms with van der Waals surface area (Å²) in [7, 11) is 0. The number of nitrogens with one attached hydrogen (secondary N) is 2. The van der Waals surface area contributed by atoms with Gasteiger partial charge in [-0.3, -0.25) is 9.59 Å². The van der Waals surface area contributed by atoms with Crippen molar-refractivity contribution in [1.82, 2.24) is 5.43 Å². The van der Waals surface area contributed by atoms with Gasteiger partial charge in [0.1, 0.15) is 0 Å². The van der Waals surface area contributed by atoms with Crippen molar-refractivity contribution in [3.63, 3.8) is 0 Å². The predicted molar refractivity (Wildman–Crippen MR) is 76.0 cm³/mol. The number of hydrazone groups is 1. The number of nitrogens with zero attached hydrogens (tertiary/aromatic N) is 1. The molecule has 5 heteroatoms. The average Bonchev–Trinajstić information content (AvgIpc) is 2.38. The fraction of sp³-hybridized carbons (Fsp3) is 0.357. The molecule has 0 aliphatic rings. The summed E-state index contributed by atoms with van der Waals surface area (Å²) in [6, 6.07) is 7.18. The molecule has 102 valence electrons. The molecule has 0 spiro atoms. The van der Waals surface area contributed by atoms with Crippen LogP contribution in [0.25, 0.3) is 0 Å². The number of rotatable bonds is 6. The van der Waals surface area contributed by atoms with Gasteiger partial charge in [0.25, 0.3) is 0 Å². The second-order valence-electron chi connectivity index (χ2n) is 4.20. The topological polar surface area (TPSA) is 70.6 Å². The van der Waals surface area contributed by atoms with E-state index in [1.54, 1.807) is 18.3 Å². The Morgan fingerprint density at radius 1 is 1.26 bits per heavy atom. The lowest BCUT2D eigenvalue weighted by atomic mass is 10.2. The van der Waals surface area contributed by atoms with Gasteiger partial charge in [-0.15, -0.1) is 0 Å². The molecule has 0 fully saturated rings. The van der Waals surface area contributed by atoms with Gasteiger partial charge in [-0.2, -0.15) is 5.10 Å². The van der Waals surface area contributed by atoms with Crippen LogP contribution in [-0.4, -0.2) is 18.0 Å². The molecule has 1 aromatic rings. The third-order valence-corrected chi connectivity index (χ3v) is 2.39. The first kappa shape index (κ1) is 14.9. The van der Waals surface area contributed by atoms with Crippen LogP contribution < -0.4 is 10.7 Å². The van der Waals surface area contributed by atoms with Crippen LogP contribution in [0.1, 0.15) is 38.7 Å². The van der Waals surface area contributed by atoms with E-state index in [0.717, 1.165) is 24.1 Å². The summed E-state index contributed by atoms with van der Waals surface area (Å²) in [6.07, 6.45) is 3.92. The van der Waals surface area contributed by atoms with E-state index >= 15 is 0 Å². The van der Waals surface area contributed by atoms with Crippen LogP contribution in [0.15, 0.2) is 29.4 Å². The maximum Gasteiger partial charge on any atom is 0.240 e. The molecule has 0 radical (unpaired) electrons. The summed E-state index contributed by atoms with van der Waals surface area (Å²) in [5, 5.41) is 6.55. The van der Waals surface area contributed by atoms with Crippen molar-refractivity contribution in [2.24, 2.45) is 5.10 Å². The van der Waals surface area contributed by atoms with Crippen molar-refractivity contribution in [1.29, 1.82) is 0 Å². The van der Waals surface area contributed by atoms with E-state index in [1.165, 1.54) is 6.92 Å². The molecule has 0 unspecified atom stereocenters. The zero-order chi connectivity index (χ0) is 14.1. The van der Waals surface area contributed by atoms with Gasteiger partial charge in [0.15, 0.2) is 0 Å². The highest BCUT2D eigenvalue weighted by molar-refractivity contribution is 5.89. The Kier molecular flexibility index (Phi) is 6.29. The summed E-state index contributed by atoms with van der Waals surface area (Å²) in [5.41, 5.74) is 4.06. The van der Waals surface area contributed by atoms with Gasteiger partial charge in [-0.25, -0.2) is 5.43 Å². The first-order valence-electron chi connectivity index (χ1n) is 6.31. The second-order valence-corrected chi connectivity index (χ2v) is 4.20. The number of amides is 2. The van der Waals surface area contributed by atoms with Crippen molar-refractivity contribution in [3.8, 4) is 0 Å². The molecule has 0 aliphatic heterocycles. The summed E-state index contributed by atoms with van der Waals surface area (Å²) < 4.78 is 0. The Balaban J connectivity index is 2.44. The number of benzene rings is 1. The predicted octanol–water partition coefficient (Wildman–Crippen LogP) is 2.29. The fourth-order valence-corrected chi connectivity index (χ4v) is 1.43. The Bertz CT molecular complexity index is 452. The van der Waals surface area contributed by atoms with E-state index in [2.05, 4.69) is 15.8 Å². The highest BCUT2D eigenvalue weighted by Gasteiger charge is 1.97. The van der Waals surface area contributed by atoms with Gasteiger partial charge in [-0.05, 0) is 24.1 Å². The zero-order valence-electron chi connectivity index (χ0n) is 11.3. The number of unbranched alkanes of at least 4 members (excludes halogenated alkanes) is 1. The van der Waals surface area contributed by atoms with E-state index < -0.39 is 0 Å². The van der Waals surface area contributed by atoms with Crippen LogP contribution >= 0.6 is 0 Å². The third-order valence-electron chi connectivity index (χ3n) is 2.39. The molecule has 2 N–H and O–H groups in total. The maximum absolute atomic E-state index is 11.3. The molecule has 0 atom stereocenters. The molecular weight excluding hydrogens is 242 g/mol. The van der Waals surface area contributed by atoms with Crippen molar-refractivity contribution in [2.45, 2.75) is 33.1 Å². The summed E-state index contributed by atoms with van der Waals surface area (Å²) in [5.74, 6) is -0.183. The minimum atomic E-state index is -0.107. The number of hydrogen-bond acceptors (Lipinski definition) is 3. The van der Waals surface area contributed by atoms with Crippen LogP contribution in [0.2, 0.25) is 0 Å². The van der Waals surface area contributed by atoms with Gasteiger partial charge in [-0.1, -0.05) is 25.5 Å². The molecule has 0 saturated heterocycles. The molecule has 5 nitrogen and oxygen atoms in total. The summed E-state index contributed by atoms with van der Waals surface area (Å²) in [6.45, 7) is 3.49. The minimum Gasteiger partial charge on any atom is -0.326 e. The summed E-state index contributed by atoms with van der Waals surface area (Å²) >= 11 is 0. The minimum absolute atomic E-state index is 0.0760. The molecular formula is C14H19N3O2. The lowest BCUT2D eigenvalue weighted by Gasteiger charge is -2.01. The molecule has 2 amide bonds. The quantitative estimate of drug-likeness (QED) is 0.609. The van der Waals surface area contributed by atoms with Crippen molar-refractivity contribution in [3.05, 3.63) is 29.8 Å². The largest absolute Gasteiger partial charge is 0.326 e. The monoisotopic (exact) mass is 261 g/mol. The zero-order valence-corrected chi connectivity index (χ0v) is 11.3. The average molecular weight is 261 g/mol. The van der Waals surface area contributed by atoms with E-state index in [4.69, 9.17) is 0 Å². The van der Waals surface area contributed by atoms with Gasteiger partial charge >= 0.3 is 0 Å². The second kappa shape index (κ2) is 8.02. The Labute approximate surface area is 113 Å². The highest BCUT2D eigenvalue weighted by atomic mass is 16.2. The summed E-state index contributed by atoms with van der Waals surface area (Å²) in [4.78, 5) is 22.1. The molecule has 0 heterocycles. The maximum atomic E-state index is 11.3. The number of anilines is 1. The van der Waals surface area contributed by atoms with Gasteiger partial charge < -0.3 is 5.32 Å². The van der Waals surface area contributed by atoms with Crippen molar-refractivity contribution in [2.75, 3.05) is 5.32 Å². The van der Waals surface area contributed by atoms with Crippen LogP contribution in [0.5, 0.6) is 0 Å². The number of carbonyl (C=O) groups is 2. The Morgan fingerprint density at radius 2 is 1.95 bits per heavy atom. The Morgan fingerprint density at radius 3 is 2.53 bits per heavy atom. The van der Waals surface area contributed by atoms with Crippen LogP contribution in [0.4, 0.5) is 5.69 Å². The van der Waals surface area contributed by atoms with Gasteiger partial charge in [0.05, 0.1) is 6.21 Å². The SMILES string of the molecule is CCCCC(=O)N/N=C\c1ccc(NC(C)=O)cc1. The molecule has 0 bridgehead atoms. The third kappa shape index (κ3) is 6.35. The fourth-order valence-electron chi connectivity index (χ4n) is 1.43. The standard InChI is InChI=1S/C14H19N3O2/c1-3-4-5-14(19)17-15-10-12-6-8-13(9-7-12)16-11(2)18/h6-10H,3-5H2,1-2H3,(H,16,18)(H,17,19)/b15-10-. The van der Waals surface area contributed by atoms with E-state index in [9.17, 15) is 9.59 Å². The molecule has 1 aromatic carbocycles. The van der Waals surface area contributed by atoms with Crippen molar-refractivity contribution >= 4 is 23.7 Å². The Hall–Kier alpha value is -2.17. The molecule has 0 saturated carbocycles. The number of carbonyl (C=O) groups excluding carboxylic acids is 2. The van der Waals surface area contributed by atoms with Gasteiger partial charge in [0.2, 0.25) is 11.8 Å². The molecule has 1 rings (SSSR count). The van der Waals surface area contributed by atoms with Crippen molar-refractivity contribution < 1.29 is 9.59 Å². The van der Waals surface area contributed by atoms with Crippen LogP contribution in [-0.2, 0) is 9.59 Å². The number of hydrogen-bond donors (Lipinski definition) is 2.